The molecule has 1 unspecified atom stereocenters. The predicted octanol–water partition coefficient (Wildman–Crippen LogP) is 5.44. The van der Waals surface area contributed by atoms with Crippen LogP contribution in [-0.2, 0) is 11.8 Å². The second-order valence-electron chi connectivity index (χ2n) is 4.84. The van der Waals surface area contributed by atoms with E-state index in [1.165, 1.54) is 0 Å². The maximum absolute atomic E-state index is 13.5. The number of benzene rings is 1. The van der Waals surface area contributed by atoms with Gasteiger partial charge in [0.15, 0.2) is 0 Å². The molecule has 1 nitrogen and oxygen atoms in total. The van der Waals surface area contributed by atoms with Crippen molar-refractivity contribution in [3.63, 3.8) is 0 Å². The molecule has 1 aromatic rings. The van der Waals surface area contributed by atoms with Gasteiger partial charge < -0.3 is 5.11 Å². The van der Waals surface area contributed by atoms with Crippen LogP contribution in [0.15, 0.2) is 18.2 Å². The number of hydrogen-bond donors (Lipinski definition) is 1. The van der Waals surface area contributed by atoms with Crippen LogP contribution in [0.25, 0.3) is 0 Å². The van der Waals surface area contributed by atoms with Crippen LogP contribution >= 0.6 is 0 Å². The first-order chi connectivity index (χ1) is 10.6. The van der Waals surface area contributed by atoms with Crippen LogP contribution < -0.4 is 0 Å². The Labute approximate surface area is 128 Å². The molecule has 11 heteroatoms. The van der Waals surface area contributed by atoms with Gasteiger partial charge in [0.1, 0.15) is 0 Å². The van der Waals surface area contributed by atoms with E-state index in [-0.39, 0.29) is 18.2 Å². The lowest BCUT2D eigenvalue weighted by atomic mass is 9.88. The molecule has 1 aromatic carbocycles. The second-order valence-corrected chi connectivity index (χ2v) is 4.84. The van der Waals surface area contributed by atoms with E-state index in [9.17, 15) is 49.0 Å². The molecule has 0 aliphatic heterocycles. The summed E-state index contributed by atoms with van der Waals surface area (Å²) in [6.07, 6.45) is -15.5. The monoisotopic (exact) mass is 372 g/mol. The molecule has 1 rings (SSSR count). The lowest BCUT2D eigenvalue weighted by molar-refractivity contribution is -0.293. The third-order valence-corrected chi connectivity index (χ3v) is 3.21. The van der Waals surface area contributed by atoms with Crippen molar-refractivity contribution in [3.05, 3.63) is 34.9 Å². The van der Waals surface area contributed by atoms with Crippen molar-refractivity contribution < 1.29 is 49.0 Å². The highest BCUT2D eigenvalue weighted by atomic mass is 19.4. The maximum Gasteiger partial charge on any atom is 0.458 e. The lowest BCUT2D eigenvalue weighted by Crippen LogP contribution is -2.38. The zero-order valence-electron chi connectivity index (χ0n) is 11.7. The van der Waals surface area contributed by atoms with Gasteiger partial charge >= 0.3 is 24.2 Å². The Morgan fingerprint density at radius 1 is 0.792 bits per heavy atom. The van der Waals surface area contributed by atoms with Crippen molar-refractivity contribution in [2.24, 2.45) is 0 Å². The van der Waals surface area contributed by atoms with Crippen molar-refractivity contribution >= 4 is 0 Å². The molecule has 0 bridgehead atoms. The highest BCUT2D eigenvalue weighted by molar-refractivity contribution is 5.43. The summed E-state index contributed by atoms with van der Waals surface area (Å²) in [7, 11) is 0. The first-order valence-electron chi connectivity index (χ1n) is 6.30. The minimum Gasteiger partial charge on any atom is -0.388 e. The maximum atomic E-state index is 13.5. The topological polar surface area (TPSA) is 20.2 Å². The molecule has 0 aromatic heterocycles. The Balaban J connectivity index is 3.82. The van der Waals surface area contributed by atoms with E-state index >= 15 is 0 Å². The third kappa shape index (κ3) is 3.31. The molecule has 1 atom stereocenters. The van der Waals surface area contributed by atoms with Crippen molar-refractivity contribution in [3.8, 4) is 0 Å². The zero-order valence-corrected chi connectivity index (χ0v) is 11.7. The van der Waals surface area contributed by atoms with Crippen LogP contribution in [0.2, 0.25) is 0 Å². The number of alkyl halides is 10. The van der Waals surface area contributed by atoms with Gasteiger partial charge in [0, 0.05) is 11.1 Å². The Hall–Kier alpha value is -1.52. The fourth-order valence-corrected chi connectivity index (χ4v) is 1.98. The van der Waals surface area contributed by atoms with Gasteiger partial charge in [0.25, 0.3) is 0 Å². The van der Waals surface area contributed by atoms with E-state index in [1.54, 1.807) is 0 Å². The molecule has 0 spiro atoms. The third-order valence-electron chi connectivity index (χ3n) is 3.21. The molecule has 24 heavy (non-hydrogen) atoms. The molecule has 0 aliphatic rings. The highest BCUT2D eigenvalue weighted by Crippen LogP contribution is 2.51. The number of rotatable bonds is 4. The number of halogens is 10. The predicted molar refractivity (Wildman–Crippen MR) is 61.6 cm³/mol. The molecule has 0 fully saturated rings. The number of aliphatic hydroxyl groups is 1. The fraction of sp³-hybridized carbons (Fsp3) is 0.538. The van der Waals surface area contributed by atoms with Gasteiger partial charge in [-0.1, -0.05) is 25.1 Å². The van der Waals surface area contributed by atoms with Crippen molar-refractivity contribution in [2.75, 3.05) is 0 Å². The van der Waals surface area contributed by atoms with Crippen LogP contribution in [-0.4, -0.2) is 17.5 Å². The quantitative estimate of drug-likeness (QED) is 0.698. The van der Waals surface area contributed by atoms with Crippen LogP contribution in [0.1, 0.15) is 36.1 Å². The summed E-state index contributed by atoms with van der Waals surface area (Å²) in [6, 6.07) is 0.325. The summed E-state index contributed by atoms with van der Waals surface area (Å²) in [5.74, 6) is -11.5. The van der Waals surface area contributed by atoms with Crippen molar-refractivity contribution in [1.29, 1.82) is 0 Å². The minimum atomic E-state index is -6.25. The average Bonchev–Trinajstić information content (AvgIpc) is 2.43. The van der Waals surface area contributed by atoms with Crippen LogP contribution in [0, 0.1) is 0 Å². The Kier molecular flexibility index (Phi) is 5.20. The number of hydrogen-bond acceptors (Lipinski definition) is 1. The molecule has 0 heterocycles. The summed E-state index contributed by atoms with van der Waals surface area (Å²) in [6.45, 7) is 1.02. The van der Waals surface area contributed by atoms with E-state index in [1.807, 2.05) is 0 Å². The summed E-state index contributed by atoms with van der Waals surface area (Å²) in [4.78, 5) is 0. The molecule has 0 aliphatic carbocycles. The van der Waals surface area contributed by atoms with Crippen molar-refractivity contribution in [2.45, 2.75) is 43.6 Å². The van der Waals surface area contributed by atoms with Gasteiger partial charge in [-0.3, -0.25) is 0 Å². The minimum absolute atomic E-state index is 0.0532. The summed E-state index contributed by atoms with van der Waals surface area (Å²) < 4.78 is 129. The van der Waals surface area contributed by atoms with Gasteiger partial charge in [0.2, 0.25) is 0 Å². The van der Waals surface area contributed by atoms with Crippen LogP contribution in [0.5, 0.6) is 0 Å². The van der Waals surface area contributed by atoms with Gasteiger partial charge in [-0.05, 0) is 12.0 Å². The molecular formula is C13H10F10O. The van der Waals surface area contributed by atoms with E-state index in [4.69, 9.17) is 0 Å². The normalized spacial score (nSPS) is 15.5. The molecule has 138 valence electrons. The van der Waals surface area contributed by atoms with E-state index in [0.717, 1.165) is 6.92 Å². The SMILES string of the molecule is CCC(O)c1c(C(F)(F)C(F)(F)F)cccc1C(F)(F)C(F)(F)F. The summed E-state index contributed by atoms with van der Waals surface area (Å²) in [5, 5.41) is 9.55. The van der Waals surface area contributed by atoms with Crippen molar-refractivity contribution in [1.82, 2.24) is 0 Å². The van der Waals surface area contributed by atoms with E-state index < -0.39 is 53.4 Å². The average molecular weight is 372 g/mol. The largest absolute Gasteiger partial charge is 0.458 e. The first kappa shape index (κ1) is 20.5. The molecular weight excluding hydrogens is 362 g/mol. The van der Waals surface area contributed by atoms with E-state index in [2.05, 4.69) is 0 Å². The summed E-state index contributed by atoms with van der Waals surface area (Å²) >= 11 is 0. The first-order valence-corrected chi connectivity index (χ1v) is 6.30. The van der Waals surface area contributed by atoms with E-state index in [0.29, 0.717) is 0 Å². The van der Waals surface area contributed by atoms with Crippen LogP contribution in [0.3, 0.4) is 0 Å². The molecule has 0 saturated heterocycles. The Bertz CT molecular complexity index is 543. The Morgan fingerprint density at radius 2 is 1.12 bits per heavy atom. The van der Waals surface area contributed by atoms with Gasteiger partial charge in [-0.25, -0.2) is 0 Å². The Morgan fingerprint density at radius 3 is 1.38 bits per heavy atom. The highest BCUT2D eigenvalue weighted by Gasteiger charge is 2.63. The zero-order chi connectivity index (χ0) is 19.1. The number of aliphatic hydroxyl groups excluding tert-OH is 1. The lowest BCUT2D eigenvalue weighted by Gasteiger charge is -2.29. The smallest absolute Gasteiger partial charge is 0.388 e. The molecule has 0 radical (unpaired) electrons. The summed E-state index contributed by atoms with van der Waals surface area (Å²) in [5.41, 5.74) is -6.08. The standard InChI is InChI=1S/C13H10F10O/c1-2-8(24)9-6(10(14,15)12(18,19)20)4-3-5-7(9)11(16,17)13(21,22)23/h3-5,8,24H,2H2,1H3. The second kappa shape index (κ2) is 6.08. The van der Waals surface area contributed by atoms with Crippen LogP contribution in [0.4, 0.5) is 43.9 Å². The van der Waals surface area contributed by atoms with Gasteiger partial charge in [-0.2, -0.15) is 43.9 Å². The fourth-order valence-electron chi connectivity index (χ4n) is 1.98. The molecule has 1 N–H and O–H groups in total. The molecule has 0 amide bonds. The van der Waals surface area contributed by atoms with Gasteiger partial charge in [-0.15, -0.1) is 0 Å². The molecule has 0 saturated carbocycles. The van der Waals surface area contributed by atoms with Gasteiger partial charge in [0.05, 0.1) is 6.10 Å².